The van der Waals surface area contributed by atoms with Crippen LogP contribution in [0.25, 0.3) is 0 Å². The highest BCUT2D eigenvalue weighted by atomic mass is 16.2. The van der Waals surface area contributed by atoms with Crippen LogP contribution in [0.4, 0.5) is 0 Å². The van der Waals surface area contributed by atoms with Crippen LogP contribution < -0.4 is 0 Å². The fraction of sp³-hybridized carbons (Fsp3) is 0.455. The van der Waals surface area contributed by atoms with Gasteiger partial charge >= 0.3 is 0 Å². The molecule has 2 fully saturated rings. The molecule has 1 aliphatic heterocycles. The van der Waals surface area contributed by atoms with Crippen LogP contribution in [0.3, 0.4) is 0 Å². The van der Waals surface area contributed by atoms with Crippen LogP contribution in [0, 0.1) is 11.8 Å². The monoisotopic (exact) mass is 394 g/mol. The van der Waals surface area contributed by atoms with Crippen LogP contribution in [0.1, 0.15) is 36.8 Å². The molecule has 152 valence electrons. The van der Waals surface area contributed by atoms with Crippen LogP contribution in [-0.2, 0) is 27.5 Å². The van der Waals surface area contributed by atoms with E-state index in [1.54, 1.807) is 18.1 Å². The Kier molecular flexibility index (Phi) is 5.47. The van der Waals surface area contributed by atoms with Gasteiger partial charge in [-0.1, -0.05) is 43.2 Å². The summed E-state index contributed by atoms with van der Waals surface area (Å²) in [4.78, 5) is 40.5. The molecule has 1 aromatic carbocycles. The zero-order valence-electron chi connectivity index (χ0n) is 16.7. The fourth-order valence-corrected chi connectivity index (χ4v) is 4.35. The van der Waals surface area contributed by atoms with Gasteiger partial charge in [0.15, 0.2) is 0 Å². The molecule has 1 saturated carbocycles. The molecule has 1 aromatic heterocycles. The fourth-order valence-electron chi connectivity index (χ4n) is 4.35. The van der Waals surface area contributed by atoms with Crippen LogP contribution in [0.15, 0.2) is 42.7 Å². The van der Waals surface area contributed by atoms with E-state index in [0.717, 1.165) is 36.8 Å². The van der Waals surface area contributed by atoms with Crippen LogP contribution in [-0.4, -0.2) is 50.9 Å². The summed E-state index contributed by atoms with van der Waals surface area (Å²) in [6, 6.07) is 10.0. The van der Waals surface area contributed by atoms with Gasteiger partial charge in [0.25, 0.3) is 0 Å². The average molecular weight is 394 g/mol. The van der Waals surface area contributed by atoms with Gasteiger partial charge in [0.05, 0.1) is 24.6 Å². The molecule has 2 heterocycles. The number of nitrogens with zero attached hydrogens (tertiary/aromatic N) is 4. The molecule has 0 bridgehead atoms. The van der Waals surface area contributed by atoms with Gasteiger partial charge in [0.2, 0.25) is 17.7 Å². The molecule has 7 nitrogen and oxygen atoms in total. The zero-order valence-corrected chi connectivity index (χ0v) is 16.7. The molecular formula is C22H26N4O3. The third-order valence-corrected chi connectivity index (χ3v) is 5.95. The van der Waals surface area contributed by atoms with Gasteiger partial charge in [-0.25, -0.2) is 0 Å². The molecular weight excluding hydrogens is 368 g/mol. The lowest BCUT2D eigenvalue weighted by Crippen LogP contribution is -2.41. The molecule has 0 N–H and O–H groups in total. The lowest BCUT2D eigenvalue weighted by molar-refractivity contribution is -0.146. The van der Waals surface area contributed by atoms with E-state index >= 15 is 0 Å². The van der Waals surface area contributed by atoms with Crippen molar-refractivity contribution in [3.05, 3.63) is 53.9 Å². The van der Waals surface area contributed by atoms with Gasteiger partial charge in [0.1, 0.15) is 6.54 Å². The minimum absolute atomic E-state index is 0.167. The van der Waals surface area contributed by atoms with E-state index in [1.807, 2.05) is 41.2 Å². The summed E-state index contributed by atoms with van der Waals surface area (Å²) in [5.74, 6) is -1.01. The van der Waals surface area contributed by atoms with Gasteiger partial charge < -0.3 is 4.90 Å². The summed E-state index contributed by atoms with van der Waals surface area (Å²) >= 11 is 0. The van der Waals surface area contributed by atoms with E-state index < -0.39 is 0 Å². The second-order valence-electron chi connectivity index (χ2n) is 8.04. The number of benzene rings is 1. The maximum Gasteiger partial charge on any atom is 0.242 e. The normalized spacial score (nSPS) is 21.3. The molecule has 2 aromatic rings. The summed E-state index contributed by atoms with van der Waals surface area (Å²) in [6.45, 7) is 0.883. The van der Waals surface area contributed by atoms with E-state index in [-0.39, 0.29) is 36.1 Å². The summed E-state index contributed by atoms with van der Waals surface area (Å²) in [6.07, 6.45) is 7.14. The highest BCUT2D eigenvalue weighted by Gasteiger charge is 2.48. The first-order chi connectivity index (χ1) is 14.0. The highest BCUT2D eigenvalue weighted by Crippen LogP contribution is 2.37. The Morgan fingerprint density at radius 1 is 1.07 bits per heavy atom. The number of carbonyl (C=O) groups is 3. The van der Waals surface area contributed by atoms with Crippen LogP contribution >= 0.6 is 0 Å². The van der Waals surface area contributed by atoms with Gasteiger partial charge in [0, 0.05) is 25.4 Å². The second kappa shape index (κ2) is 8.19. The summed E-state index contributed by atoms with van der Waals surface area (Å²) in [7, 11) is 1.69. The highest BCUT2D eigenvalue weighted by molar-refractivity contribution is 6.07. The van der Waals surface area contributed by atoms with Crippen LogP contribution in [0.5, 0.6) is 0 Å². The molecule has 0 radical (unpaired) electrons. The predicted molar refractivity (Wildman–Crippen MR) is 106 cm³/mol. The number of aromatic nitrogens is 2. The number of likely N-dealkylation sites (tertiary alicyclic amines) is 1. The molecule has 2 atom stereocenters. The van der Waals surface area contributed by atoms with Crippen molar-refractivity contribution in [3.8, 4) is 0 Å². The van der Waals surface area contributed by atoms with Gasteiger partial charge in [-0.2, -0.15) is 5.10 Å². The Bertz CT molecular complexity index is 884. The quantitative estimate of drug-likeness (QED) is 0.703. The largest absolute Gasteiger partial charge is 0.340 e. The maximum atomic E-state index is 12.7. The van der Waals surface area contributed by atoms with E-state index in [1.165, 1.54) is 4.90 Å². The van der Waals surface area contributed by atoms with Crippen molar-refractivity contribution >= 4 is 17.7 Å². The smallest absolute Gasteiger partial charge is 0.242 e. The topological polar surface area (TPSA) is 75.5 Å². The molecule has 1 saturated heterocycles. The minimum atomic E-state index is -0.235. The number of likely N-dealkylation sites (N-methyl/N-ethyl adjacent to an activating group) is 1. The summed E-state index contributed by atoms with van der Waals surface area (Å²) in [5.41, 5.74) is 2.06. The van der Waals surface area contributed by atoms with E-state index in [4.69, 9.17) is 0 Å². The first-order valence-electron chi connectivity index (χ1n) is 10.2. The van der Waals surface area contributed by atoms with Crippen LogP contribution in [0.2, 0.25) is 0 Å². The van der Waals surface area contributed by atoms with Crippen molar-refractivity contribution in [1.82, 2.24) is 19.6 Å². The molecule has 7 heteroatoms. The van der Waals surface area contributed by atoms with E-state index in [2.05, 4.69) is 5.10 Å². The number of rotatable bonds is 6. The standard InChI is InChI=1S/C22H26N4O3/c1-24(12-17-11-23-25(14-17)13-16-7-3-2-4-8-16)20(27)15-26-21(28)18-9-5-6-10-19(18)22(26)29/h2-4,7-8,11,14,18-19H,5-6,9-10,12-13,15H2,1H3. The van der Waals surface area contributed by atoms with E-state index in [9.17, 15) is 14.4 Å². The number of hydrogen-bond acceptors (Lipinski definition) is 4. The molecule has 29 heavy (non-hydrogen) atoms. The lowest BCUT2D eigenvalue weighted by atomic mass is 9.81. The third-order valence-electron chi connectivity index (χ3n) is 5.95. The Labute approximate surface area is 170 Å². The molecule has 1 aliphatic carbocycles. The first kappa shape index (κ1) is 19.4. The Hall–Kier alpha value is -2.96. The number of imide groups is 1. The Morgan fingerprint density at radius 2 is 1.72 bits per heavy atom. The summed E-state index contributed by atoms with van der Waals surface area (Å²) < 4.78 is 1.83. The molecule has 4 rings (SSSR count). The minimum Gasteiger partial charge on any atom is -0.340 e. The summed E-state index contributed by atoms with van der Waals surface area (Å²) in [5, 5.41) is 4.36. The van der Waals surface area contributed by atoms with Crippen molar-refractivity contribution in [1.29, 1.82) is 0 Å². The van der Waals surface area contributed by atoms with Gasteiger partial charge in [-0.05, 0) is 18.4 Å². The number of hydrogen-bond donors (Lipinski definition) is 0. The van der Waals surface area contributed by atoms with Crippen molar-refractivity contribution in [3.63, 3.8) is 0 Å². The van der Waals surface area contributed by atoms with E-state index in [0.29, 0.717) is 13.1 Å². The Morgan fingerprint density at radius 3 is 2.38 bits per heavy atom. The molecule has 2 unspecified atom stereocenters. The number of carbonyl (C=O) groups excluding carboxylic acids is 3. The SMILES string of the molecule is CN(Cc1cnn(Cc2ccccc2)c1)C(=O)CN1C(=O)C2CCCCC2C1=O. The Balaban J connectivity index is 1.34. The van der Waals surface area contributed by atoms with Gasteiger partial charge in [-0.3, -0.25) is 24.0 Å². The first-order valence-corrected chi connectivity index (χ1v) is 10.2. The van der Waals surface area contributed by atoms with Crippen molar-refractivity contribution < 1.29 is 14.4 Å². The van der Waals surface area contributed by atoms with Crippen molar-refractivity contribution in [2.45, 2.75) is 38.8 Å². The third kappa shape index (κ3) is 4.09. The van der Waals surface area contributed by atoms with Crippen molar-refractivity contribution in [2.75, 3.05) is 13.6 Å². The predicted octanol–water partition coefficient (Wildman–Crippen LogP) is 2.07. The second-order valence-corrected chi connectivity index (χ2v) is 8.04. The maximum absolute atomic E-state index is 12.7. The number of amides is 3. The average Bonchev–Trinajstić information content (AvgIpc) is 3.26. The lowest BCUT2D eigenvalue weighted by Gasteiger charge is -2.20. The molecule has 3 amide bonds. The molecule has 2 aliphatic rings. The zero-order chi connectivity index (χ0) is 20.4. The molecule has 0 spiro atoms. The van der Waals surface area contributed by atoms with Gasteiger partial charge in [-0.15, -0.1) is 0 Å². The number of fused-ring (bicyclic) bond motifs is 1. The van der Waals surface area contributed by atoms with Crippen molar-refractivity contribution in [2.24, 2.45) is 11.8 Å².